The number of amides is 3. The number of carbonyl (C=O) groups is 3. The van der Waals surface area contributed by atoms with Crippen LogP contribution in [0.1, 0.15) is 11.1 Å². The summed E-state index contributed by atoms with van der Waals surface area (Å²) in [6.45, 7) is 1.48. The van der Waals surface area contributed by atoms with E-state index in [1.807, 2.05) is 19.1 Å². The minimum absolute atomic E-state index is 0.0758. The maximum absolute atomic E-state index is 12.5. The number of aryl methyl sites for hydroxylation is 1. The number of nitrogens with zero attached hydrogens (tertiary/aromatic N) is 1. The summed E-state index contributed by atoms with van der Waals surface area (Å²) in [6, 6.07) is 11.9. The first-order valence-electron chi connectivity index (χ1n) is 8.37. The molecule has 3 rings (SSSR count). The van der Waals surface area contributed by atoms with Crippen LogP contribution < -0.4 is 10.1 Å². The van der Waals surface area contributed by atoms with Crippen LogP contribution in [0.4, 0.5) is 10.5 Å². The number of imide groups is 1. The van der Waals surface area contributed by atoms with E-state index in [0.717, 1.165) is 22.2 Å². The quantitative estimate of drug-likeness (QED) is 0.750. The van der Waals surface area contributed by atoms with E-state index in [2.05, 4.69) is 5.32 Å². The number of ether oxygens (including phenoxy) is 1. The lowest BCUT2D eigenvalue weighted by Crippen LogP contribution is -2.36. The van der Waals surface area contributed by atoms with Gasteiger partial charge >= 0.3 is 0 Å². The van der Waals surface area contributed by atoms with E-state index in [4.69, 9.17) is 4.74 Å². The van der Waals surface area contributed by atoms with Crippen molar-refractivity contribution in [2.45, 2.75) is 6.92 Å². The van der Waals surface area contributed by atoms with Crippen LogP contribution in [-0.4, -0.2) is 40.7 Å². The maximum Gasteiger partial charge on any atom is 0.294 e. The number of carbonyl (C=O) groups excluding carboxylic acids is 3. The Morgan fingerprint density at radius 3 is 2.68 bits per heavy atom. The predicted octanol–water partition coefficient (Wildman–Crippen LogP) is 3.38. The van der Waals surface area contributed by atoms with Crippen LogP contribution in [0.15, 0.2) is 47.4 Å². The molecule has 0 aromatic heterocycles. The SMILES string of the molecule is COc1ccc(C=C2SC(=O)N(CC(=O)Nc3ccccc3C)C2=O)cc1O. The summed E-state index contributed by atoms with van der Waals surface area (Å²) < 4.78 is 4.98. The van der Waals surface area contributed by atoms with Gasteiger partial charge in [-0.1, -0.05) is 24.3 Å². The molecule has 1 aliphatic rings. The zero-order valence-electron chi connectivity index (χ0n) is 15.3. The highest BCUT2D eigenvalue weighted by molar-refractivity contribution is 8.18. The maximum atomic E-state index is 12.5. The number of nitrogens with one attached hydrogen (secondary N) is 1. The number of rotatable bonds is 5. The second-order valence-electron chi connectivity index (χ2n) is 6.06. The molecule has 2 N–H and O–H groups in total. The summed E-state index contributed by atoms with van der Waals surface area (Å²) in [5, 5.41) is 12.0. The lowest BCUT2D eigenvalue weighted by molar-refractivity contribution is -0.127. The van der Waals surface area contributed by atoms with Crippen molar-refractivity contribution in [2.75, 3.05) is 19.0 Å². The number of hydrogen-bond donors (Lipinski definition) is 2. The molecule has 1 fully saturated rings. The third kappa shape index (κ3) is 4.17. The standard InChI is InChI=1S/C20H18N2O5S/c1-12-5-3-4-6-14(12)21-18(24)11-22-19(25)17(28-20(22)26)10-13-7-8-16(27-2)15(23)9-13/h3-10,23H,11H2,1-2H3,(H,21,24). The molecule has 0 radical (unpaired) electrons. The van der Waals surface area contributed by atoms with E-state index in [0.29, 0.717) is 17.0 Å². The number of methoxy groups -OCH3 is 1. The van der Waals surface area contributed by atoms with Crippen molar-refractivity contribution in [2.24, 2.45) is 0 Å². The van der Waals surface area contributed by atoms with Crippen molar-refractivity contribution in [3.8, 4) is 11.5 Å². The fourth-order valence-corrected chi connectivity index (χ4v) is 3.47. The Kier molecular flexibility index (Phi) is 5.70. The molecular formula is C20H18N2O5S. The lowest BCUT2D eigenvalue weighted by atomic mass is 10.2. The van der Waals surface area contributed by atoms with Crippen LogP contribution in [0.2, 0.25) is 0 Å². The molecule has 144 valence electrons. The first kappa shape index (κ1) is 19.5. The summed E-state index contributed by atoms with van der Waals surface area (Å²) in [7, 11) is 1.43. The molecule has 2 aromatic carbocycles. The summed E-state index contributed by atoms with van der Waals surface area (Å²) >= 11 is 0.750. The molecule has 28 heavy (non-hydrogen) atoms. The zero-order valence-corrected chi connectivity index (χ0v) is 16.1. The van der Waals surface area contributed by atoms with Crippen LogP contribution >= 0.6 is 11.8 Å². The largest absolute Gasteiger partial charge is 0.504 e. The summed E-state index contributed by atoms with van der Waals surface area (Å²) in [6.07, 6.45) is 1.49. The van der Waals surface area contributed by atoms with Gasteiger partial charge in [0.15, 0.2) is 11.5 Å². The van der Waals surface area contributed by atoms with E-state index in [-0.39, 0.29) is 17.2 Å². The van der Waals surface area contributed by atoms with Gasteiger partial charge in [0.25, 0.3) is 11.1 Å². The van der Waals surface area contributed by atoms with Gasteiger partial charge in [0.2, 0.25) is 5.91 Å². The Bertz CT molecular complexity index is 986. The molecule has 1 saturated heterocycles. The average molecular weight is 398 g/mol. The van der Waals surface area contributed by atoms with Crippen LogP contribution in [0, 0.1) is 6.92 Å². The number of anilines is 1. The number of thioether (sulfide) groups is 1. The Labute approximate surface area is 166 Å². The van der Waals surface area contributed by atoms with Gasteiger partial charge in [0.05, 0.1) is 12.0 Å². The summed E-state index contributed by atoms with van der Waals surface area (Å²) in [5.74, 6) is -0.781. The second kappa shape index (κ2) is 8.18. The fourth-order valence-electron chi connectivity index (χ4n) is 2.63. The minimum Gasteiger partial charge on any atom is -0.504 e. The van der Waals surface area contributed by atoms with Crippen molar-refractivity contribution in [3.63, 3.8) is 0 Å². The predicted molar refractivity (Wildman–Crippen MR) is 107 cm³/mol. The topological polar surface area (TPSA) is 95.9 Å². The molecule has 8 heteroatoms. The Hall–Kier alpha value is -3.26. The molecule has 0 atom stereocenters. The Balaban J connectivity index is 1.72. The molecular weight excluding hydrogens is 380 g/mol. The molecule has 0 saturated carbocycles. The molecule has 0 bridgehead atoms. The van der Waals surface area contributed by atoms with E-state index in [1.54, 1.807) is 24.3 Å². The molecule has 2 aromatic rings. The molecule has 1 heterocycles. The van der Waals surface area contributed by atoms with E-state index in [1.165, 1.54) is 19.3 Å². The smallest absolute Gasteiger partial charge is 0.294 e. The van der Waals surface area contributed by atoms with Crippen molar-refractivity contribution >= 4 is 40.6 Å². The third-order valence-electron chi connectivity index (χ3n) is 4.10. The van der Waals surface area contributed by atoms with Gasteiger partial charge in [-0.15, -0.1) is 0 Å². The van der Waals surface area contributed by atoms with Crippen molar-refractivity contribution in [3.05, 3.63) is 58.5 Å². The number of aromatic hydroxyl groups is 1. The van der Waals surface area contributed by atoms with Crippen molar-refractivity contribution in [1.82, 2.24) is 4.90 Å². The highest BCUT2D eigenvalue weighted by Gasteiger charge is 2.36. The van der Waals surface area contributed by atoms with E-state index in [9.17, 15) is 19.5 Å². The van der Waals surface area contributed by atoms with Gasteiger partial charge in [0.1, 0.15) is 6.54 Å². The first-order valence-corrected chi connectivity index (χ1v) is 9.18. The van der Waals surface area contributed by atoms with Gasteiger partial charge in [-0.05, 0) is 54.1 Å². The number of benzene rings is 2. The van der Waals surface area contributed by atoms with Gasteiger partial charge in [-0.25, -0.2) is 0 Å². The molecule has 3 amide bonds. The van der Waals surface area contributed by atoms with E-state index >= 15 is 0 Å². The highest BCUT2D eigenvalue weighted by Crippen LogP contribution is 2.34. The Morgan fingerprint density at radius 2 is 2.00 bits per heavy atom. The molecule has 0 spiro atoms. The van der Waals surface area contributed by atoms with Gasteiger partial charge in [-0.3, -0.25) is 19.3 Å². The van der Waals surface area contributed by atoms with E-state index < -0.39 is 17.1 Å². The van der Waals surface area contributed by atoms with Crippen LogP contribution in [0.25, 0.3) is 6.08 Å². The first-order chi connectivity index (χ1) is 13.4. The number of para-hydroxylation sites is 1. The van der Waals surface area contributed by atoms with Crippen LogP contribution in [0.3, 0.4) is 0 Å². The number of hydrogen-bond acceptors (Lipinski definition) is 6. The summed E-state index contributed by atoms with van der Waals surface area (Å²) in [4.78, 5) is 38.1. The third-order valence-corrected chi connectivity index (χ3v) is 5.00. The zero-order chi connectivity index (χ0) is 20.3. The minimum atomic E-state index is -0.551. The average Bonchev–Trinajstić information content (AvgIpc) is 2.91. The van der Waals surface area contributed by atoms with Gasteiger partial charge in [0, 0.05) is 5.69 Å². The number of phenols is 1. The van der Waals surface area contributed by atoms with Crippen LogP contribution in [0.5, 0.6) is 11.5 Å². The van der Waals surface area contributed by atoms with Crippen molar-refractivity contribution < 1.29 is 24.2 Å². The second-order valence-corrected chi connectivity index (χ2v) is 7.06. The fraction of sp³-hybridized carbons (Fsp3) is 0.150. The summed E-state index contributed by atoms with van der Waals surface area (Å²) in [5.41, 5.74) is 2.04. The normalized spacial score (nSPS) is 15.2. The lowest BCUT2D eigenvalue weighted by Gasteiger charge is -2.13. The van der Waals surface area contributed by atoms with Gasteiger partial charge in [-0.2, -0.15) is 0 Å². The number of phenolic OH excluding ortho intramolecular Hbond substituents is 1. The molecule has 1 aliphatic heterocycles. The van der Waals surface area contributed by atoms with Crippen molar-refractivity contribution in [1.29, 1.82) is 0 Å². The molecule has 7 nitrogen and oxygen atoms in total. The highest BCUT2D eigenvalue weighted by atomic mass is 32.2. The van der Waals surface area contributed by atoms with Gasteiger partial charge < -0.3 is 15.2 Å². The Morgan fingerprint density at radius 1 is 1.25 bits per heavy atom. The molecule has 0 unspecified atom stereocenters. The van der Waals surface area contributed by atoms with Crippen LogP contribution in [-0.2, 0) is 9.59 Å². The monoisotopic (exact) mass is 398 g/mol. The molecule has 0 aliphatic carbocycles.